The Hall–Kier alpha value is -1.81. The minimum Gasteiger partial charge on any atom is -0.461 e. The Morgan fingerprint density at radius 1 is 1.19 bits per heavy atom. The minimum atomic E-state index is 0.182. The highest BCUT2D eigenvalue weighted by atomic mass is 16.3. The van der Waals surface area contributed by atoms with Crippen molar-refractivity contribution in [3.05, 3.63) is 35.6 Å². The largest absolute Gasteiger partial charge is 0.461 e. The van der Waals surface area contributed by atoms with Crippen molar-refractivity contribution in [1.82, 2.24) is 9.80 Å². The van der Waals surface area contributed by atoms with Gasteiger partial charge in [-0.15, -0.1) is 0 Å². The number of likely N-dealkylation sites (tertiary alicyclic amines) is 2. The van der Waals surface area contributed by atoms with Crippen LogP contribution in [0.1, 0.15) is 48.2 Å². The average molecular weight is 352 g/mol. The number of nitrogens with zero attached hydrogens (tertiary/aromatic N) is 2. The summed E-state index contributed by atoms with van der Waals surface area (Å²) in [4.78, 5) is 17.8. The first-order chi connectivity index (χ1) is 12.6. The molecule has 0 bridgehead atoms. The van der Waals surface area contributed by atoms with Crippen molar-refractivity contribution in [2.75, 3.05) is 32.7 Å². The monoisotopic (exact) mass is 352 g/mol. The third-order valence-corrected chi connectivity index (χ3v) is 6.57. The van der Waals surface area contributed by atoms with E-state index in [-0.39, 0.29) is 5.91 Å². The van der Waals surface area contributed by atoms with Crippen LogP contribution in [-0.4, -0.2) is 48.4 Å². The summed E-state index contributed by atoms with van der Waals surface area (Å²) in [6, 6.07) is 7.84. The van der Waals surface area contributed by atoms with E-state index in [4.69, 9.17) is 4.42 Å². The normalized spacial score (nSPS) is 26.9. The Labute approximate surface area is 155 Å². The van der Waals surface area contributed by atoms with Gasteiger partial charge >= 0.3 is 0 Å². The van der Waals surface area contributed by atoms with E-state index in [1.54, 1.807) is 0 Å². The van der Waals surface area contributed by atoms with Crippen LogP contribution in [0.25, 0.3) is 11.0 Å². The lowest BCUT2D eigenvalue weighted by Crippen LogP contribution is -2.46. The van der Waals surface area contributed by atoms with E-state index in [0.717, 1.165) is 47.7 Å². The molecule has 2 saturated heterocycles. The predicted octanol–water partition coefficient (Wildman–Crippen LogP) is 4.08. The third kappa shape index (κ3) is 3.05. The summed E-state index contributed by atoms with van der Waals surface area (Å²) in [5.41, 5.74) is 1.99. The van der Waals surface area contributed by atoms with Crippen molar-refractivity contribution in [3.8, 4) is 0 Å². The highest BCUT2D eigenvalue weighted by Crippen LogP contribution is 2.41. The molecule has 3 fully saturated rings. The van der Waals surface area contributed by atoms with Gasteiger partial charge in [-0.05, 0) is 75.8 Å². The quantitative estimate of drug-likeness (QED) is 0.835. The van der Waals surface area contributed by atoms with Crippen LogP contribution >= 0.6 is 0 Å². The fourth-order valence-corrected chi connectivity index (χ4v) is 5.06. The second kappa shape index (κ2) is 6.12. The number of furan rings is 1. The van der Waals surface area contributed by atoms with Gasteiger partial charge in [0.05, 0.1) is 0 Å². The number of hydrogen-bond donors (Lipinski definition) is 0. The molecule has 4 heteroatoms. The van der Waals surface area contributed by atoms with Crippen LogP contribution in [-0.2, 0) is 0 Å². The molecule has 3 heterocycles. The maximum absolute atomic E-state index is 13.1. The molecule has 1 spiro atoms. The van der Waals surface area contributed by atoms with E-state index in [1.165, 1.54) is 45.3 Å². The van der Waals surface area contributed by atoms with E-state index in [9.17, 15) is 4.79 Å². The molecule has 1 amide bonds. The molecule has 5 rings (SSSR count). The summed E-state index contributed by atoms with van der Waals surface area (Å²) in [5, 5.41) is 1.02. The number of benzene rings is 1. The standard InChI is InChI=1S/C22H28N2O2/c1-16-11-19-12-18(5-6-20(19)26-16)21(25)24-10-8-22(15-24)7-2-9-23(14-22)13-17-3-4-17/h5-6,11-12,17H,2-4,7-10,13-15H2,1H3. The first kappa shape index (κ1) is 16.4. The highest BCUT2D eigenvalue weighted by Gasteiger charge is 2.43. The second-order valence-corrected chi connectivity index (χ2v) is 8.87. The van der Waals surface area contributed by atoms with E-state index in [2.05, 4.69) is 9.80 Å². The van der Waals surface area contributed by atoms with Crippen LogP contribution < -0.4 is 0 Å². The van der Waals surface area contributed by atoms with Crippen molar-refractivity contribution in [2.45, 2.75) is 39.0 Å². The summed E-state index contributed by atoms with van der Waals surface area (Å²) in [6.45, 7) is 7.50. The molecule has 2 aliphatic heterocycles. The van der Waals surface area contributed by atoms with Gasteiger partial charge in [-0.3, -0.25) is 4.79 Å². The van der Waals surface area contributed by atoms with Gasteiger partial charge in [0.25, 0.3) is 5.91 Å². The molecule has 4 nitrogen and oxygen atoms in total. The Bertz CT molecular complexity index is 838. The first-order valence-corrected chi connectivity index (χ1v) is 10.1. The summed E-state index contributed by atoms with van der Waals surface area (Å²) in [5.74, 6) is 2.03. The van der Waals surface area contributed by atoms with Crippen LogP contribution in [0.3, 0.4) is 0 Å². The van der Waals surface area contributed by atoms with Crippen molar-refractivity contribution in [1.29, 1.82) is 0 Å². The molecule has 138 valence electrons. The number of hydrogen-bond acceptors (Lipinski definition) is 3. The molecule has 1 aromatic carbocycles. The summed E-state index contributed by atoms with van der Waals surface area (Å²) in [7, 11) is 0. The summed E-state index contributed by atoms with van der Waals surface area (Å²) in [6.07, 6.45) is 6.56. The molecule has 0 N–H and O–H groups in total. The van der Waals surface area contributed by atoms with E-state index >= 15 is 0 Å². The Morgan fingerprint density at radius 2 is 2.08 bits per heavy atom. The Kier molecular flexibility index (Phi) is 3.85. The SMILES string of the molecule is Cc1cc2cc(C(=O)N3CCC4(CCCN(CC5CC5)C4)C3)ccc2o1. The van der Waals surface area contributed by atoms with Gasteiger partial charge in [0.2, 0.25) is 0 Å². The van der Waals surface area contributed by atoms with Crippen molar-refractivity contribution < 1.29 is 9.21 Å². The molecular formula is C22H28N2O2. The predicted molar refractivity (Wildman–Crippen MR) is 102 cm³/mol. The van der Waals surface area contributed by atoms with Crippen LogP contribution in [0, 0.1) is 18.3 Å². The van der Waals surface area contributed by atoms with E-state index in [0.29, 0.717) is 5.41 Å². The van der Waals surface area contributed by atoms with Crippen molar-refractivity contribution in [3.63, 3.8) is 0 Å². The van der Waals surface area contributed by atoms with Gasteiger partial charge in [0.1, 0.15) is 11.3 Å². The number of carbonyl (C=O) groups is 1. The van der Waals surface area contributed by atoms with Crippen molar-refractivity contribution in [2.24, 2.45) is 11.3 Å². The molecule has 1 saturated carbocycles. The van der Waals surface area contributed by atoms with Gasteiger partial charge in [0.15, 0.2) is 0 Å². The molecule has 1 aromatic heterocycles. The maximum Gasteiger partial charge on any atom is 0.253 e. The number of carbonyl (C=O) groups excluding carboxylic acids is 1. The Balaban J connectivity index is 1.30. The summed E-state index contributed by atoms with van der Waals surface area (Å²) < 4.78 is 5.64. The van der Waals surface area contributed by atoms with Gasteiger partial charge < -0.3 is 14.2 Å². The molecule has 26 heavy (non-hydrogen) atoms. The van der Waals surface area contributed by atoms with Gasteiger partial charge in [0, 0.05) is 42.5 Å². The fraction of sp³-hybridized carbons (Fsp3) is 0.591. The van der Waals surface area contributed by atoms with Crippen LogP contribution in [0.5, 0.6) is 0 Å². The second-order valence-electron chi connectivity index (χ2n) is 8.87. The highest BCUT2D eigenvalue weighted by molar-refractivity contribution is 5.98. The summed E-state index contributed by atoms with van der Waals surface area (Å²) >= 11 is 0. The van der Waals surface area contributed by atoms with Crippen LogP contribution in [0.15, 0.2) is 28.7 Å². The first-order valence-electron chi connectivity index (χ1n) is 10.1. The molecule has 1 atom stereocenters. The van der Waals surface area contributed by atoms with E-state index < -0.39 is 0 Å². The zero-order chi connectivity index (χ0) is 17.7. The van der Waals surface area contributed by atoms with Gasteiger partial charge in [-0.25, -0.2) is 0 Å². The topological polar surface area (TPSA) is 36.7 Å². The number of rotatable bonds is 3. The number of amides is 1. The van der Waals surface area contributed by atoms with Gasteiger partial charge in [-0.2, -0.15) is 0 Å². The molecule has 1 unspecified atom stereocenters. The lowest BCUT2D eigenvalue weighted by molar-refractivity contribution is 0.0681. The third-order valence-electron chi connectivity index (χ3n) is 6.57. The van der Waals surface area contributed by atoms with Gasteiger partial charge in [-0.1, -0.05) is 0 Å². The van der Waals surface area contributed by atoms with E-state index in [1.807, 2.05) is 31.2 Å². The van der Waals surface area contributed by atoms with Crippen LogP contribution in [0.2, 0.25) is 0 Å². The molecule has 0 radical (unpaired) electrons. The number of fused-ring (bicyclic) bond motifs is 1. The van der Waals surface area contributed by atoms with Crippen LogP contribution in [0.4, 0.5) is 0 Å². The number of piperidine rings is 1. The maximum atomic E-state index is 13.1. The fourth-order valence-electron chi connectivity index (χ4n) is 5.06. The zero-order valence-electron chi connectivity index (χ0n) is 15.7. The average Bonchev–Trinajstić information content (AvgIpc) is 3.22. The number of aryl methyl sites for hydroxylation is 1. The molecular weight excluding hydrogens is 324 g/mol. The lowest BCUT2D eigenvalue weighted by atomic mass is 9.79. The molecule has 3 aliphatic rings. The smallest absolute Gasteiger partial charge is 0.253 e. The lowest BCUT2D eigenvalue weighted by Gasteiger charge is -2.40. The van der Waals surface area contributed by atoms with Crippen molar-refractivity contribution >= 4 is 16.9 Å². The molecule has 2 aromatic rings. The zero-order valence-corrected chi connectivity index (χ0v) is 15.7. The minimum absolute atomic E-state index is 0.182. The molecule has 1 aliphatic carbocycles. The Morgan fingerprint density at radius 3 is 2.92 bits per heavy atom.